The maximum Gasteiger partial charge on any atom is 0.339 e. The third-order valence-corrected chi connectivity index (χ3v) is 4.46. The lowest BCUT2D eigenvalue weighted by Crippen LogP contribution is -2.31. The number of ether oxygens (including phenoxy) is 1. The van der Waals surface area contributed by atoms with E-state index >= 15 is 0 Å². The van der Waals surface area contributed by atoms with Crippen LogP contribution in [-0.2, 0) is 9.53 Å². The third-order valence-electron chi connectivity index (χ3n) is 4.13. The number of nitrogens with one attached hydrogen (secondary N) is 1. The first-order chi connectivity index (χ1) is 13.5. The van der Waals surface area contributed by atoms with Crippen molar-refractivity contribution in [1.82, 2.24) is 10.3 Å². The van der Waals surface area contributed by atoms with Crippen molar-refractivity contribution in [3.8, 4) is 11.3 Å². The molecule has 0 unspecified atom stereocenters. The summed E-state index contributed by atoms with van der Waals surface area (Å²) >= 11 is 6.30. The molecule has 0 aliphatic carbocycles. The van der Waals surface area contributed by atoms with Gasteiger partial charge in [0.15, 0.2) is 6.61 Å². The molecule has 1 aromatic heterocycles. The number of hydrogen-bond acceptors (Lipinski definition) is 4. The van der Waals surface area contributed by atoms with Crippen LogP contribution in [0.15, 0.2) is 54.6 Å². The molecule has 0 bridgehead atoms. The van der Waals surface area contributed by atoms with Crippen LogP contribution in [0, 0.1) is 5.92 Å². The van der Waals surface area contributed by atoms with Crippen molar-refractivity contribution in [2.45, 2.75) is 13.8 Å². The largest absolute Gasteiger partial charge is 0.452 e. The predicted octanol–water partition coefficient (Wildman–Crippen LogP) is 4.48. The highest BCUT2D eigenvalue weighted by Gasteiger charge is 2.17. The number of pyridine rings is 1. The predicted molar refractivity (Wildman–Crippen MR) is 110 cm³/mol. The standard InChI is InChI=1S/C22H21ClN2O3/c1-14(2)12-24-21(26)13-28-22(27)17-11-20(16-8-3-5-9-18(16)23)25-19-10-6-4-7-15(17)19/h3-11,14H,12-13H2,1-2H3,(H,24,26). The highest BCUT2D eigenvalue weighted by Crippen LogP contribution is 2.30. The average molecular weight is 397 g/mol. The van der Waals surface area contributed by atoms with Gasteiger partial charge in [0, 0.05) is 22.5 Å². The quantitative estimate of drug-likeness (QED) is 0.623. The number of aromatic nitrogens is 1. The zero-order valence-corrected chi connectivity index (χ0v) is 16.5. The van der Waals surface area contributed by atoms with Crippen molar-refractivity contribution >= 4 is 34.4 Å². The van der Waals surface area contributed by atoms with E-state index in [2.05, 4.69) is 10.3 Å². The number of carbonyl (C=O) groups is 2. The Morgan fingerprint density at radius 1 is 1.11 bits per heavy atom. The monoisotopic (exact) mass is 396 g/mol. The molecule has 2 aromatic carbocycles. The number of nitrogens with zero attached hydrogens (tertiary/aromatic N) is 1. The van der Waals surface area contributed by atoms with E-state index in [1.54, 1.807) is 18.2 Å². The van der Waals surface area contributed by atoms with E-state index in [0.29, 0.717) is 39.6 Å². The Hall–Kier alpha value is -2.92. The van der Waals surface area contributed by atoms with Gasteiger partial charge in [0.2, 0.25) is 0 Å². The zero-order chi connectivity index (χ0) is 20.1. The molecular weight excluding hydrogens is 376 g/mol. The van der Waals surface area contributed by atoms with E-state index in [4.69, 9.17) is 16.3 Å². The van der Waals surface area contributed by atoms with E-state index in [0.717, 1.165) is 5.56 Å². The lowest BCUT2D eigenvalue weighted by molar-refractivity contribution is -0.124. The first kappa shape index (κ1) is 19.8. The summed E-state index contributed by atoms with van der Waals surface area (Å²) in [5.41, 5.74) is 2.28. The fourth-order valence-electron chi connectivity index (χ4n) is 2.73. The number of hydrogen-bond donors (Lipinski definition) is 1. The van der Waals surface area contributed by atoms with Crippen LogP contribution in [0.25, 0.3) is 22.2 Å². The summed E-state index contributed by atoms with van der Waals surface area (Å²) in [5.74, 6) is -0.583. The smallest absolute Gasteiger partial charge is 0.339 e. The van der Waals surface area contributed by atoms with Crippen LogP contribution in [0.3, 0.4) is 0 Å². The lowest BCUT2D eigenvalue weighted by Gasteiger charge is -2.11. The number of carbonyl (C=O) groups excluding carboxylic acids is 2. The maximum atomic E-state index is 12.7. The zero-order valence-electron chi connectivity index (χ0n) is 15.7. The van der Waals surface area contributed by atoms with Gasteiger partial charge in [0.05, 0.1) is 16.8 Å². The van der Waals surface area contributed by atoms with Gasteiger partial charge in [-0.25, -0.2) is 9.78 Å². The van der Waals surface area contributed by atoms with E-state index in [9.17, 15) is 9.59 Å². The first-order valence-electron chi connectivity index (χ1n) is 9.04. The normalized spacial score (nSPS) is 10.9. The second-order valence-electron chi connectivity index (χ2n) is 6.83. The minimum atomic E-state index is -0.577. The molecular formula is C22H21ClN2O3. The average Bonchev–Trinajstić information content (AvgIpc) is 2.70. The van der Waals surface area contributed by atoms with E-state index in [1.807, 2.05) is 50.2 Å². The SMILES string of the molecule is CC(C)CNC(=O)COC(=O)c1cc(-c2ccccc2Cl)nc2ccccc12. The second kappa shape index (κ2) is 8.85. The van der Waals surface area contributed by atoms with Gasteiger partial charge in [-0.3, -0.25) is 4.79 Å². The molecule has 1 N–H and O–H groups in total. The molecule has 0 atom stereocenters. The molecule has 144 valence electrons. The van der Waals surface area contributed by atoms with E-state index in [-0.39, 0.29) is 12.5 Å². The van der Waals surface area contributed by atoms with Crippen molar-refractivity contribution in [2.75, 3.05) is 13.2 Å². The Morgan fingerprint density at radius 2 is 1.82 bits per heavy atom. The molecule has 0 aliphatic heterocycles. The van der Waals surface area contributed by atoms with Gasteiger partial charge in [-0.1, -0.05) is 61.8 Å². The molecule has 0 saturated heterocycles. The van der Waals surface area contributed by atoms with Gasteiger partial charge in [0.1, 0.15) is 0 Å². The van der Waals surface area contributed by atoms with Crippen LogP contribution in [0.5, 0.6) is 0 Å². The molecule has 28 heavy (non-hydrogen) atoms. The van der Waals surface area contributed by atoms with Crippen molar-refractivity contribution in [3.05, 3.63) is 65.2 Å². The number of halogens is 1. The molecule has 0 saturated carbocycles. The summed E-state index contributed by atoms with van der Waals surface area (Å²) in [7, 11) is 0. The number of para-hydroxylation sites is 1. The molecule has 3 rings (SSSR count). The minimum Gasteiger partial charge on any atom is -0.452 e. The van der Waals surface area contributed by atoms with Crippen molar-refractivity contribution in [2.24, 2.45) is 5.92 Å². The Bertz CT molecular complexity index is 1020. The molecule has 5 nitrogen and oxygen atoms in total. The van der Waals surface area contributed by atoms with E-state index < -0.39 is 5.97 Å². The summed E-state index contributed by atoms with van der Waals surface area (Å²) in [5, 5.41) is 3.92. The molecule has 0 spiro atoms. The fraction of sp³-hybridized carbons (Fsp3) is 0.227. The number of rotatable bonds is 6. The summed E-state index contributed by atoms with van der Waals surface area (Å²) in [6.45, 7) is 4.19. The fourth-order valence-corrected chi connectivity index (χ4v) is 2.96. The Kier molecular flexibility index (Phi) is 6.26. The van der Waals surface area contributed by atoms with Gasteiger partial charge < -0.3 is 10.1 Å². The molecule has 0 aliphatic rings. The van der Waals surface area contributed by atoms with Crippen molar-refractivity contribution < 1.29 is 14.3 Å². The molecule has 3 aromatic rings. The summed E-state index contributed by atoms with van der Waals surface area (Å²) in [6, 6.07) is 16.2. The second-order valence-corrected chi connectivity index (χ2v) is 7.23. The highest BCUT2D eigenvalue weighted by molar-refractivity contribution is 6.33. The number of esters is 1. The van der Waals surface area contributed by atoms with Gasteiger partial charge in [0.25, 0.3) is 5.91 Å². The van der Waals surface area contributed by atoms with Crippen LogP contribution in [0.1, 0.15) is 24.2 Å². The Morgan fingerprint density at radius 3 is 2.57 bits per heavy atom. The molecule has 0 radical (unpaired) electrons. The maximum absolute atomic E-state index is 12.7. The summed E-state index contributed by atoms with van der Waals surface area (Å²) in [4.78, 5) is 29.2. The third kappa shape index (κ3) is 4.67. The Labute approximate surface area is 168 Å². The van der Waals surface area contributed by atoms with Crippen LogP contribution < -0.4 is 5.32 Å². The Balaban J connectivity index is 1.90. The van der Waals surface area contributed by atoms with E-state index in [1.165, 1.54) is 0 Å². The minimum absolute atomic E-state index is 0.321. The van der Waals surface area contributed by atoms with Gasteiger partial charge in [-0.05, 0) is 24.1 Å². The van der Waals surface area contributed by atoms with Gasteiger partial charge in [-0.2, -0.15) is 0 Å². The topological polar surface area (TPSA) is 68.3 Å². The number of fused-ring (bicyclic) bond motifs is 1. The van der Waals surface area contributed by atoms with Crippen LogP contribution in [-0.4, -0.2) is 30.0 Å². The van der Waals surface area contributed by atoms with Gasteiger partial charge >= 0.3 is 5.97 Å². The van der Waals surface area contributed by atoms with Crippen molar-refractivity contribution in [1.29, 1.82) is 0 Å². The molecule has 1 amide bonds. The van der Waals surface area contributed by atoms with Gasteiger partial charge in [-0.15, -0.1) is 0 Å². The van der Waals surface area contributed by atoms with Crippen LogP contribution in [0.2, 0.25) is 5.02 Å². The first-order valence-corrected chi connectivity index (χ1v) is 9.42. The van der Waals surface area contributed by atoms with Crippen molar-refractivity contribution in [3.63, 3.8) is 0 Å². The number of benzene rings is 2. The van der Waals surface area contributed by atoms with Crippen LogP contribution in [0.4, 0.5) is 0 Å². The molecule has 0 fully saturated rings. The number of amides is 1. The summed E-state index contributed by atoms with van der Waals surface area (Å²) < 4.78 is 5.24. The molecule has 1 heterocycles. The lowest BCUT2D eigenvalue weighted by atomic mass is 10.0. The summed E-state index contributed by atoms with van der Waals surface area (Å²) in [6.07, 6.45) is 0. The van der Waals surface area contributed by atoms with Crippen LogP contribution >= 0.6 is 11.6 Å². The molecule has 6 heteroatoms. The highest BCUT2D eigenvalue weighted by atomic mass is 35.5.